The Labute approximate surface area is 106 Å². The van der Waals surface area contributed by atoms with Gasteiger partial charge in [0.15, 0.2) is 0 Å². The minimum Gasteiger partial charge on any atom is -0.290 e. The van der Waals surface area contributed by atoms with Crippen LogP contribution in [0, 0.1) is 17.5 Å². The van der Waals surface area contributed by atoms with Crippen LogP contribution >= 0.6 is 0 Å². The second kappa shape index (κ2) is 5.11. The zero-order chi connectivity index (χ0) is 14.0. The van der Waals surface area contributed by atoms with Crippen LogP contribution in [0.3, 0.4) is 0 Å². The lowest BCUT2D eigenvalue weighted by Gasteiger charge is -2.11. The molecule has 0 bridgehead atoms. The van der Waals surface area contributed by atoms with E-state index in [2.05, 4.69) is 0 Å². The van der Waals surface area contributed by atoms with Gasteiger partial charge in [-0.15, -0.1) is 0 Å². The highest BCUT2D eigenvalue weighted by atomic mass is 19.1. The smallest absolute Gasteiger partial charge is 0.268 e. The van der Waals surface area contributed by atoms with Crippen molar-refractivity contribution < 1.29 is 18.0 Å². The number of carbonyl (C=O) groups is 1. The number of nitrogens with two attached hydrogens (primary N) is 1. The van der Waals surface area contributed by atoms with Gasteiger partial charge < -0.3 is 0 Å². The zero-order valence-electron chi connectivity index (χ0n) is 9.58. The zero-order valence-corrected chi connectivity index (χ0v) is 9.58. The molecule has 3 nitrogen and oxygen atoms in total. The van der Waals surface area contributed by atoms with Gasteiger partial charge in [0, 0.05) is 5.56 Å². The number of halogens is 3. The summed E-state index contributed by atoms with van der Waals surface area (Å²) in [6, 6.07) is 6.73. The molecule has 0 unspecified atom stereocenters. The van der Waals surface area contributed by atoms with E-state index in [9.17, 15) is 18.0 Å². The van der Waals surface area contributed by atoms with Crippen molar-refractivity contribution in [2.24, 2.45) is 5.84 Å². The van der Waals surface area contributed by atoms with Crippen LogP contribution in [0.25, 0.3) is 11.1 Å². The van der Waals surface area contributed by atoms with Gasteiger partial charge in [0.25, 0.3) is 5.91 Å². The summed E-state index contributed by atoms with van der Waals surface area (Å²) >= 11 is 0. The molecular formula is C13H9F3N2O. The van der Waals surface area contributed by atoms with Gasteiger partial charge in [-0.2, -0.15) is 0 Å². The fourth-order valence-corrected chi connectivity index (χ4v) is 1.79. The predicted octanol–water partition coefficient (Wildman–Crippen LogP) is 2.37. The fourth-order valence-electron chi connectivity index (χ4n) is 1.79. The third-order valence-electron chi connectivity index (χ3n) is 2.60. The third-order valence-corrected chi connectivity index (χ3v) is 2.60. The maximum absolute atomic E-state index is 13.7. The highest BCUT2D eigenvalue weighted by molar-refractivity contribution is 6.00. The number of rotatable bonds is 2. The monoisotopic (exact) mass is 266 g/mol. The van der Waals surface area contributed by atoms with Crippen molar-refractivity contribution in [1.29, 1.82) is 0 Å². The highest BCUT2D eigenvalue weighted by Gasteiger charge is 2.21. The molecule has 98 valence electrons. The normalized spacial score (nSPS) is 10.3. The van der Waals surface area contributed by atoms with Crippen molar-refractivity contribution in [3.63, 3.8) is 0 Å². The van der Waals surface area contributed by atoms with Crippen LogP contribution in [-0.4, -0.2) is 5.91 Å². The Hall–Kier alpha value is -2.34. The molecule has 0 aromatic heterocycles. The summed E-state index contributed by atoms with van der Waals surface area (Å²) < 4.78 is 41.1. The van der Waals surface area contributed by atoms with E-state index in [1.54, 1.807) is 5.43 Å². The Kier molecular flexibility index (Phi) is 3.52. The topological polar surface area (TPSA) is 55.1 Å². The predicted molar refractivity (Wildman–Crippen MR) is 63.4 cm³/mol. The summed E-state index contributed by atoms with van der Waals surface area (Å²) in [7, 11) is 0. The fraction of sp³-hybridized carbons (Fsp3) is 0. The SMILES string of the molecule is NNC(=O)c1c(F)cccc1-c1c(F)cccc1F. The van der Waals surface area contributed by atoms with Crippen molar-refractivity contribution in [1.82, 2.24) is 5.43 Å². The molecule has 0 heterocycles. The maximum atomic E-state index is 13.7. The molecule has 0 aliphatic carbocycles. The molecule has 6 heteroatoms. The number of hydrogen-bond donors (Lipinski definition) is 2. The Morgan fingerprint density at radius 1 is 0.947 bits per heavy atom. The molecule has 1 amide bonds. The molecule has 0 aliphatic rings. The molecule has 0 saturated heterocycles. The van der Waals surface area contributed by atoms with E-state index >= 15 is 0 Å². The Morgan fingerprint density at radius 3 is 2.05 bits per heavy atom. The molecular weight excluding hydrogens is 257 g/mol. The summed E-state index contributed by atoms with van der Waals surface area (Å²) in [5, 5.41) is 0. The second-order valence-corrected chi connectivity index (χ2v) is 3.73. The first-order valence-electron chi connectivity index (χ1n) is 5.30. The molecule has 0 atom stereocenters. The largest absolute Gasteiger partial charge is 0.290 e. The maximum Gasteiger partial charge on any atom is 0.268 e. The molecule has 0 fully saturated rings. The number of hydrogen-bond acceptors (Lipinski definition) is 2. The average molecular weight is 266 g/mol. The van der Waals surface area contributed by atoms with Crippen LogP contribution in [-0.2, 0) is 0 Å². The molecule has 0 radical (unpaired) electrons. The Balaban J connectivity index is 2.76. The molecule has 19 heavy (non-hydrogen) atoms. The molecule has 0 aliphatic heterocycles. The molecule has 2 aromatic carbocycles. The van der Waals surface area contributed by atoms with Gasteiger partial charge in [0.2, 0.25) is 0 Å². The number of hydrazine groups is 1. The summed E-state index contributed by atoms with van der Waals surface area (Å²) in [5.41, 5.74) is 0.574. The van der Waals surface area contributed by atoms with Gasteiger partial charge in [-0.3, -0.25) is 10.2 Å². The molecule has 2 rings (SSSR count). The van der Waals surface area contributed by atoms with Gasteiger partial charge in [-0.25, -0.2) is 19.0 Å². The van der Waals surface area contributed by atoms with Crippen molar-refractivity contribution >= 4 is 5.91 Å². The molecule has 2 aromatic rings. The minimum absolute atomic E-state index is 0.196. The lowest BCUT2D eigenvalue weighted by Crippen LogP contribution is -2.31. The van der Waals surface area contributed by atoms with Crippen molar-refractivity contribution in [3.05, 3.63) is 59.4 Å². The Bertz CT molecular complexity index is 624. The number of carbonyl (C=O) groups excluding carboxylic acids is 1. The van der Waals surface area contributed by atoms with E-state index in [1.807, 2.05) is 0 Å². The number of amides is 1. The van der Waals surface area contributed by atoms with E-state index in [0.717, 1.165) is 18.2 Å². The van der Waals surface area contributed by atoms with Gasteiger partial charge >= 0.3 is 0 Å². The van der Waals surface area contributed by atoms with Gasteiger partial charge in [0.1, 0.15) is 17.5 Å². The average Bonchev–Trinajstić information content (AvgIpc) is 2.38. The lowest BCUT2D eigenvalue weighted by molar-refractivity contribution is 0.0950. The van der Waals surface area contributed by atoms with E-state index < -0.39 is 34.5 Å². The van der Waals surface area contributed by atoms with E-state index in [1.165, 1.54) is 18.2 Å². The first-order valence-corrected chi connectivity index (χ1v) is 5.30. The third kappa shape index (κ3) is 2.30. The van der Waals surface area contributed by atoms with Crippen LogP contribution in [0.5, 0.6) is 0 Å². The van der Waals surface area contributed by atoms with Crippen LogP contribution in [0.4, 0.5) is 13.2 Å². The van der Waals surface area contributed by atoms with Gasteiger partial charge in [-0.05, 0) is 18.2 Å². The van der Waals surface area contributed by atoms with Crippen LogP contribution in [0.2, 0.25) is 0 Å². The summed E-state index contributed by atoms with van der Waals surface area (Å²) in [5.74, 6) is 1.28. The lowest BCUT2D eigenvalue weighted by atomic mass is 9.98. The summed E-state index contributed by atoms with van der Waals surface area (Å²) in [4.78, 5) is 11.5. The first-order chi connectivity index (χ1) is 9.06. The van der Waals surface area contributed by atoms with Crippen molar-refractivity contribution in [3.8, 4) is 11.1 Å². The molecule has 0 spiro atoms. The number of benzene rings is 2. The van der Waals surface area contributed by atoms with Gasteiger partial charge in [-0.1, -0.05) is 18.2 Å². The van der Waals surface area contributed by atoms with Crippen molar-refractivity contribution in [2.45, 2.75) is 0 Å². The number of nitrogen functional groups attached to an aromatic ring is 1. The number of nitrogens with one attached hydrogen (secondary N) is 1. The van der Waals surface area contributed by atoms with Crippen molar-refractivity contribution in [2.75, 3.05) is 0 Å². The second-order valence-electron chi connectivity index (χ2n) is 3.73. The quantitative estimate of drug-likeness (QED) is 0.498. The molecule has 3 N–H and O–H groups in total. The Morgan fingerprint density at radius 2 is 1.47 bits per heavy atom. The van der Waals surface area contributed by atoms with Crippen LogP contribution in [0.15, 0.2) is 36.4 Å². The van der Waals surface area contributed by atoms with Gasteiger partial charge in [0.05, 0.1) is 11.1 Å². The summed E-state index contributed by atoms with van der Waals surface area (Å²) in [6.07, 6.45) is 0. The van der Waals surface area contributed by atoms with E-state index in [-0.39, 0.29) is 5.56 Å². The van der Waals surface area contributed by atoms with Crippen LogP contribution in [0.1, 0.15) is 10.4 Å². The molecule has 0 saturated carbocycles. The highest BCUT2D eigenvalue weighted by Crippen LogP contribution is 2.30. The minimum atomic E-state index is -0.962. The van der Waals surface area contributed by atoms with E-state index in [0.29, 0.717) is 0 Å². The van der Waals surface area contributed by atoms with Crippen LogP contribution < -0.4 is 11.3 Å². The van der Waals surface area contributed by atoms with E-state index in [4.69, 9.17) is 5.84 Å². The summed E-state index contributed by atoms with van der Waals surface area (Å²) in [6.45, 7) is 0. The standard InChI is InChI=1S/C13H9F3N2O/c14-8-5-2-6-9(15)11(8)7-3-1-4-10(16)12(7)13(19)18-17/h1-6H,17H2,(H,18,19). The first kappa shape index (κ1) is 13.1.